The summed E-state index contributed by atoms with van der Waals surface area (Å²) in [5.41, 5.74) is 1.79. The second-order valence-corrected chi connectivity index (χ2v) is 8.53. The molecule has 4 nitrogen and oxygen atoms in total. The van der Waals surface area contributed by atoms with Crippen LogP contribution in [-0.2, 0) is 23.2 Å². The Hall–Kier alpha value is -1.30. The number of hydrogen-bond acceptors (Lipinski definition) is 4. The maximum atomic E-state index is 13.7. The number of fused-ring (bicyclic) bond motifs is 1. The number of phenolic OH excluding ortho intramolecular Hbond substituents is 1. The third kappa shape index (κ3) is 4.42. The molecule has 1 fully saturated rings. The predicted molar refractivity (Wildman–Crippen MR) is 120 cm³/mol. The average molecular weight is 456 g/mol. The van der Waals surface area contributed by atoms with Gasteiger partial charge < -0.3 is 10.0 Å². The molecular formula is C22H25Cl3N2O2. The topological polar surface area (TPSA) is 52.6 Å². The van der Waals surface area contributed by atoms with Gasteiger partial charge in [0.1, 0.15) is 11.3 Å². The van der Waals surface area contributed by atoms with Crippen LogP contribution in [-0.4, -0.2) is 42.0 Å². The summed E-state index contributed by atoms with van der Waals surface area (Å²) in [5, 5.41) is 14.9. The van der Waals surface area contributed by atoms with Crippen LogP contribution in [0.2, 0.25) is 10.0 Å². The molecular weight excluding hydrogens is 431 g/mol. The summed E-state index contributed by atoms with van der Waals surface area (Å²) < 4.78 is 0. The molecule has 1 saturated heterocycles. The van der Waals surface area contributed by atoms with Crippen molar-refractivity contribution in [2.45, 2.75) is 31.2 Å². The van der Waals surface area contributed by atoms with Crippen LogP contribution in [0.3, 0.4) is 0 Å². The summed E-state index contributed by atoms with van der Waals surface area (Å²) in [4.78, 5) is 16.0. The van der Waals surface area contributed by atoms with Gasteiger partial charge in [-0.25, -0.2) is 0 Å². The molecule has 0 aliphatic carbocycles. The Morgan fingerprint density at radius 3 is 2.62 bits per heavy atom. The predicted octanol–water partition coefficient (Wildman–Crippen LogP) is 4.37. The highest BCUT2D eigenvalue weighted by Crippen LogP contribution is 2.37. The fourth-order valence-corrected chi connectivity index (χ4v) is 4.79. The van der Waals surface area contributed by atoms with Crippen LogP contribution in [0.5, 0.6) is 5.75 Å². The van der Waals surface area contributed by atoms with Gasteiger partial charge in [-0.05, 0) is 61.7 Å². The lowest BCUT2D eigenvalue weighted by atomic mass is 9.76. The molecule has 2 aliphatic heterocycles. The van der Waals surface area contributed by atoms with Crippen molar-refractivity contribution in [3.8, 4) is 5.75 Å². The second-order valence-electron chi connectivity index (χ2n) is 7.72. The summed E-state index contributed by atoms with van der Waals surface area (Å²) in [6, 6.07) is 10.8. The largest absolute Gasteiger partial charge is 0.508 e. The van der Waals surface area contributed by atoms with Gasteiger partial charge in [0.15, 0.2) is 5.78 Å². The van der Waals surface area contributed by atoms with E-state index in [9.17, 15) is 9.90 Å². The quantitative estimate of drug-likeness (QED) is 0.703. The highest BCUT2D eigenvalue weighted by Gasteiger charge is 2.45. The Balaban J connectivity index is 0.00000240. The van der Waals surface area contributed by atoms with Gasteiger partial charge in [-0.15, -0.1) is 12.4 Å². The maximum Gasteiger partial charge on any atom is 0.163 e. The van der Waals surface area contributed by atoms with Gasteiger partial charge in [-0.3, -0.25) is 10.1 Å². The normalized spacial score (nSPS) is 21.4. The summed E-state index contributed by atoms with van der Waals surface area (Å²) in [6.45, 7) is 3.27. The number of ketones is 1. The monoisotopic (exact) mass is 454 g/mol. The van der Waals surface area contributed by atoms with E-state index < -0.39 is 5.54 Å². The fourth-order valence-electron chi connectivity index (χ4n) is 4.47. The van der Waals surface area contributed by atoms with E-state index in [1.165, 1.54) is 0 Å². The summed E-state index contributed by atoms with van der Waals surface area (Å²) >= 11 is 12.2. The molecule has 2 heterocycles. The van der Waals surface area contributed by atoms with Gasteiger partial charge in [0.25, 0.3) is 0 Å². The molecule has 0 bridgehead atoms. The molecule has 7 heteroatoms. The first-order valence-corrected chi connectivity index (χ1v) is 10.5. The van der Waals surface area contributed by atoms with E-state index in [1.807, 2.05) is 18.2 Å². The van der Waals surface area contributed by atoms with Crippen LogP contribution in [0.25, 0.3) is 0 Å². The standard InChI is InChI=1S/C22H24Cl2N2O2.ClH/c23-18-7-6-15(12-19(18)24)13-21(28)22(14-26-10-1-2-11-26)17-4-3-5-20(27)16(17)8-9-25-22;/h3-7,12,25,27H,1-2,8-11,13-14H2;1H. The number of carbonyl (C=O) groups excluding carboxylic acids is 1. The number of likely N-dealkylation sites (tertiary alicyclic amines) is 1. The van der Waals surface area contributed by atoms with Crippen LogP contribution in [0, 0.1) is 0 Å². The van der Waals surface area contributed by atoms with Gasteiger partial charge >= 0.3 is 0 Å². The Labute approximate surface area is 187 Å². The number of carbonyl (C=O) groups is 1. The highest BCUT2D eigenvalue weighted by molar-refractivity contribution is 6.42. The molecule has 2 N–H and O–H groups in total. The molecule has 2 aromatic carbocycles. The minimum Gasteiger partial charge on any atom is -0.508 e. The molecule has 0 saturated carbocycles. The third-order valence-electron chi connectivity index (χ3n) is 5.90. The number of nitrogens with zero attached hydrogens (tertiary/aromatic N) is 1. The molecule has 0 amide bonds. The first-order chi connectivity index (χ1) is 13.5. The molecule has 2 aliphatic rings. The van der Waals surface area contributed by atoms with Crippen LogP contribution in [0.15, 0.2) is 36.4 Å². The number of benzene rings is 2. The molecule has 156 valence electrons. The minimum absolute atomic E-state index is 0. The van der Waals surface area contributed by atoms with Crippen molar-refractivity contribution in [3.63, 3.8) is 0 Å². The number of hydrogen-bond donors (Lipinski definition) is 2. The number of Topliss-reactive ketones (excluding diaryl/α,β-unsaturated/α-hetero) is 1. The SMILES string of the molecule is Cl.O=C(Cc1ccc(Cl)c(Cl)c1)C1(CN2CCCC2)NCCc2c(O)cccc21. The first-order valence-electron chi connectivity index (χ1n) is 9.75. The van der Waals surface area contributed by atoms with Crippen molar-refractivity contribution < 1.29 is 9.90 Å². The Bertz CT molecular complexity index is 900. The zero-order chi connectivity index (χ0) is 19.7. The van der Waals surface area contributed by atoms with E-state index in [1.54, 1.807) is 18.2 Å². The van der Waals surface area contributed by atoms with E-state index in [-0.39, 0.29) is 30.4 Å². The molecule has 4 rings (SSSR count). The van der Waals surface area contributed by atoms with Gasteiger partial charge in [0, 0.05) is 25.1 Å². The number of halogens is 3. The van der Waals surface area contributed by atoms with Crippen molar-refractivity contribution in [1.29, 1.82) is 0 Å². The summed E-state index contributed by atoms with van der Waals surface area (Å²) in [7, 11) is 0. The highest BCUT2D eigenvalue weighted by atomic mass is 35.5. The molecule has 1 unspecified atom stereocenters. The van der Waals surface area contributed by atoms with E-state index in [2.05, 4.69) is 10.2 Å². The molecule has 0 aromatic heterocycles. The Kier molecular flexibility index (Phi) is 7.13. The van der Waals surface area contributed by atoms with E-state index in [0.717, 1.165) is 42.6 Å². The van der Waals surface area contributed by atoms with Crippen molar-refractivity contribution in [1.82, 2.24) is 10.2 Å². The zero-order valence-electron chi connectivity index (χ0n) is 16.1. The van der Waals surface area contributed by atoms with Crippen molar-refractivity contribution in [2.75, 3.05) is 26.2 Å². The second kappa shape index (κ2) is 9.23. The third-order valence-corrected chi connectivity index (χ3v) is 6.64. The average Bonchev–Trinajstić information content (AvgIpc) is 3.18. The van der Waals surface area contributed by atoms with E-state index in [4.69, 9.17) is 23.2 Å². The lowest BCUT2D eigenvalue weighted by molar-refractivity contribution is -0.126. The molecule has 0 spiro atoms. The Morgan fingerprint density at radius 2 is 1.90 bits per heavy atom. The van der Waals surface area contributed by atoms with Gasteiger partial charge in [0.2, 0.25) is 0 Å². The van der Waals surface area contributed by atoms with Crippen molar-refractivity contribution in [3.05, 3.63) is 63.1 Å². The van der Waals surface area contributed by atoms with Crippen molar-refractivity contribution in [2.24, 2.45) is 0 Å². The van der Waals surface area contributed by atoms with Crippen LogP contribution < -0.4 is 5.32 Å². The van der Waals surface area contributed by atoms with Crippen molar-refractivity contribution >= 4 is 41.4 Å². The lowest BCUT2D eigenvalue weighted by Gasteiger charge is -2.41. The first kappa shape index (κ1) is 22.4. The van der Waals surface area contributed by atoms with Crippen LogP contribution in [0.4, 0.5) is 0 Å². The summed E-state index contributed by atoms with van der Waals surface area (Å²) in [5.74, 6) is 0.358. The zero-order valence-corrected chi connectivity index (χ0v) is 18.4. The molecule has 0 radical (unpaired) electrons. The van der Waals surface area contributed by atoms with Crippen LogP contribution in [0.1, 0.15) is 29.5 Å². The van der Waals surface area contributed by atoms with E-state index >= 15 is 0 Å². The lowest BCUT2D eigenvalue weighted by Crippen LogP contribution is -2.59. The van der Waals surface area contributed by atoms with Crippen LogP contribution >= 0.6 is 35.6 Å². The maximum absolute atomic E-state index is 13.7. The van der Waals surface area contributed by atoms with Gasteiger partial charge in [0.05, 0.1) is 10.0 Å². The summed E-state index contributed by atoms with van der Waals surface area (Å²) in [6.07, 6.45) is 3.28. The number of nitrogens with one attached hydrogen (secondary N) is 1. The number of phenols is 1. The van der Waals surface area contributed by atoms with Gasteiger partial charge in [-0.2, -0.15) is 0 Å². The Morgan fingerprint density at radius 1 is 1.14 bits per heavy atom. The van der Waals surface area contributed by atoms with Gasteiger partial charge in [-0.1, -0.05) is 41.4 Å². The molecule has 29 heavy (non-hydrogen) atoms. The molecule has 2 aromatic rings. The van der Waals surface area contributed by atoms with E-state index in [0.29, 0.717) is 29.6 Å². The number of rotatable bonds is 5. The number of aromatic hydroxyl groups is 1. The smallest absolute Gasteiger partial charge is 0.163 e. The minimum atomic E-state index is -0.831. The fraction of sp³-hybridized carbons (Fsp3) is 0.409. The molecule has 1 atom stereocenters.